The lowest BCUT2D eigenvalue weighted by atomic mass is 10.2. The largest absolute Gasteiger partial charge is 0.477 e. The molecule has 1 aromatic heterocycles. The van der Waals surface area contributed by atoms with Crippen LogP contribution >= 0.6 is 0 Å². The van der Waals surface area contributed by atoms with Gasteiger partial charge in [0.2, 0.25) is 0 Å². The Hall–Kier alpha value is -1.65. The molecule has 0 saturated heterocycles. The van der Waals surface area contributed by atoms with Crippen LogP contribution < -0.4 is 5.56 Å². The van der Waals surface area contributed by atoms with Crippen LogP contribution in [0.1, 0.15) is 24.2 Å². The number of aromatic carboxylic acids is 1. The van der Waals surface area contributed by atoms with Crippen LogP contribution in [0.25, 0.3) is 0 Å². The first-order valence-corrected chi connectivity index (χ1v) is 4.30. The number of rotatable bonds is 3. The fraction of sp³-hybridized carbons (Fsp3) is 0.444. The van der Waals surface area contributed by atoms with Gasteiger partial charge in [-0.1, -0.05) is 13.8 Å². The summed E-state index contributed by atoms with van der Waals surface area (Å²) < 4.78 is 1.61. The topological polar surface area (TPSA) is 72.2 Å². The zero-order chi connectivity index (χ0) is 10.7. The van der Waals surface area contributed by atoms with Crippen molar-refractivity contribution < 1.29 is 9.90 Å². The van der Waals surface area contributed by atoms with E-state index in [-0.39, 0.29) is 5.56 Å². The van der Waals surface area contributed by atoms with Gasteiger partial charge in [0.05, 0.1) is 6.33 Å². The van der Waals surface area contributed by atoms with Crippen molar-refractivity contribution in [3.05, 3.63) is 28.4 Å². The maximum absolute atomic E-state index is 11.0. The minimum Gasteiger partial charge on any atom is -0.477 e. The van der Waals surface area contributed by atoms with Crippen molar-refractivity contribution in [2.45, 2.75) is 20.4 Å². The summed E-state index contributed by atoms with van der Waals surface area (Å²) in [5.74, 6) is -0.860. The molecular formula is C9H12N2O3. The van der Waals surface area contributed by atoms with Crippen LogP contribution in [0.4, 0.5) is 0 Å². The first kappa shape index (κ1) is 10.4. The van der Waals surface area contributed by atoms with Crippen molar-refractivity contribution in [2.75, 3.05) is 0 Å². The third-order valence-electron chi connectivity index (χ3n) is 1.66. The number of aromatic nitrogens is 2. The Morgan fingerprint density at radius 3 is 2.79 bits per heavy atom. The molecule has 1 N–H and O–H groups in total. The lowest BCUT2D eigenvalue weighted by molar-refractivity contribution is 0.0693. The number of hydrogen-bond donors (Lipinski definition) is 1. The molecule has 5 nitrogen and oxygen atoms in total. The first-order valence-electron chi connectivity index (χ1n) is 4.30. The van der Waals surface area contributed by atoms with Gasteiger partial charge >= 0.3 is 5.97 Å². The van der Waals surface area contributed by atoms with Gasteiger partial charge in [-0.15, -0.1) is 0 Å². The highest BCUT2D eigenvalue weighted by atomic mass is 16.4. The van der Waals surface area contributed by atoms with E-state index in [1.54, 1.807) is 4.57 Å². The molecule has 0 saturated carbocycles. The molecule has 0 spiro atoms. The number of hydrogen-bond acceptors (Lipinski definition) is 3. The molecule has 0 unspecified atom stereocenters. The molecule has 0 fully saturated rings. The number of carbonyl (C=O) groups is 1. The Morgan fingerprint density at radius 1 is 1.64 bits per heavy atom. The molecule has 5 heteroatoms. The average Bonchev–Trinajstić information content (AvgIpc) is 2.07. The predicted octanol–water partition coefficient (Wildman–Crippen LogP) is 0.597. The molecule has 14 heavy (non-hydrogen) atoms. The van der Waals surface area contributed by atoms with Crippen molar-refractivity contribution in [1.82, 2.24) is 9.55 Å². The van der Waals surface area contributed by atoms with E-state index < -0.39 is 11.5 Å². The molecule has 0 atom stereocenters. The van der Waals surface area contributed by atoms with Crippen molar-refractivity contribution in [2.24, 2.45) is 5.92 Å². The van der Waals surface area contributed by atoms with Gasteiger partial charge in [0.15, 0.2) is 0 Å². The quantitative estimate of drug-likeness (QED) is 0.768. The van der Waals surface area contributed by atoms with E-state index in [1.165, 1.54) is 12.5 Å². The minimum absolute atomic E-state index is 0.284. The van der Waals surface area contributed by atoms with Gasteiger partial charge in [-0.25, -0.2) is 4.79 Å². The Balaban J connectivity index is 3.07. The van der Waals surface area contributed by atoms with Gasteiger partial charge in [0.25, 0.3) is 5.56 Å². The second kappa shape index (κ2) is 4.04. The van der Waals surface area contributed by atoms with E-state index in [1.807, 2.05) is 13.8 Å². The molecule has 1 rings (SSSR count). The number of carboxylic acids is 1. The van der Waals surface area contributed by atoms with Crippen LogP contribution in [0.3, 0.4) is 0 Å². The summed E-state index contributed by atoms with van der Waals surface area (Å²) in [6, 6.07) is 0. The highest BCUT2D eigenvalue weighted by Gasteiger charge is 2.09. The highest BCUT2D eigenvalue weighted by Crippen LogP contribution is 1.98. The molecular weight excluding hydrogens is 184 g/mol. The van der Waals surface area contributed by atoms with E-state index in [0.29, 0.717) is 12.5 Å². The van der Waals surface area contributed by atoms with Crippen LogP contribution in [0.2, 0.25) is 0 Å². The van der Waals surface area contributed by atoms with E-state index in [2.05, 4.69) is 4.98 Å². The Morgan fingerprint density at radius 2 is 2.29 bits per heavy atom. The van der Waals surface area contributed by atoms with Crippen molar-refractivity contribution in [3.8, 4) is 0 Å². The fourth-order valence-corrected chi connectivity index (χ4v) is 1.12. The van der Waals surface area contributed by atoms with Crippen LogP contribution in [0.5, 0.6) is 0 Å². The molecule has 0 amide bonds. The van der Waals surface area contributed by atoms with Gasteiger partial charge in [0.1, 0.15) is 5.56 Å². The van der Waals surface area contributed by atoms with Crippen LogP contribution in [0, 0.1) is 5.92 Å². The van der Waals surface area contributed by atoms with Crippen LogP contribution in [-0.4, -0.2) is 20.6 Å². The third-order valence-corrected chi connectivity index (χ3v) is 1.66. The fourth-order valence-electron chi connectivity index (χ4n) is 1.12. The Labute approximate surface area is 81.0 Å². The van der Waals surface area contributed by atoms with Gasteiger partial charge in [-0.2, -0.15) is 4.98 Å². The van der Waals surface area contributed by atoms with Crippen molar-refractivity contribution in [3.63, 3.8) is 0 Å². The SMILES string of the molecule is CC(C)Cn1cnc(=O)c(C(=O)O)c1. The maximum atomic E-state index is 11.0. The van der Waals surface area contributed by atoms with Crippen LogP contribution in [0.15, 0.2) is 17.3 Å². The molecule has 76 valence electrons. The number of carboxylic acid groups (broad SMARTS) is 1. The second-order valence-electron chi connectivity index (χ2n) is 3.49. The van der Waals surface area contributed by atoms with Crippen LogP contribution in [-0.2, 0) is 6.54 Å². The maximum Gasteiger partial charge on any atom is 0.342 e. The normalized spacial score (nSPS) is 10.5. The van der Waals surface area contributed by atoms with Gasteiger partial charge in [0, 0.05) is 12.7 Å². The van der Waals surface area contributed by atoms with E-state index >= 15 is 0 Å². The van der Waals surface area contributed by atoms with E-state index in [9.17, 15) is 9.59 Å². The van der Waals surface area contributed by atoms with Crippen molar-refractivity contribution in [1.29, 1.82) is 0 Å². The Bertz CT molecular complexity index is 395. The lowest BCUT2D eigenvalue weighted by Gasteiger charge is -2.08. The molecule has 0 aromatic carbocycles. The minimum atomic E-state index is -1.24. The standard InChI is InChI=1S/C9H12N2O3/c1-6(2)3-11-4-7(9(13)14)8(12)10-5-11/h4-6H,3H2,1-2H3,(H,13,14). The monoisotopic (exact) mass is 196 g/mol. The molecule has 0 aliphatic carbocycles. The summed E-state index contributed by atoms with van der Waals surface area (Å²) in [7, 11) is 0. The summed E-state index contributed by atoms with van der Waals surface area (Å²) >= 11 is 0. The molecule has 0 radical (unpaired) electrons. The highest BCUT2D eigenvalue weighted by molar-refractivity contribution is 5.86. The first-order chi connectivity index (χ1) is 6.50. The number of nitrogens with zero attached hydrogens (tertiary/aromatic N) is 2. The molecule has 0 bridgehead atoms. The summed E-state index contributed by atoms with van der Waals surface area (Å²) in [5, 5.41) is 8.67. The zero-order valence-corrected chi connectivity index (χ0v) is 8.10. The Kier molecular flexibility index (Phi) is 3.01. The molecule has 0 aliphatic rings. The molecule has 1 heterocycles. The lowest BCUT2D eigenvalue weighted by Crippen LogP contribution is -2.21. The van der Waals surface area contributed by atoms with E-state index in [4.69, 9.17) is 5.11 Å². The van der Waals surface area contributed by atoms with Crippen molar-refractivity contribution >= 4 is 5.97 Å². The van der Waals surface area contributed by atoms with Gasteiger partial charge in [-0.3, -0.25) is 4.79 Å². The third kappa shape index (κ3) is 2.42. The second-order valence-corrected chi connectivity index (χ2v) is 3.49. The van der Waals surface area contributed by atoms with E-state index in [0.717, 1.165) is 0 Å². The predicted molar refractivity (Wildman–Crippen MR) is 50.3 cm³/mol. The summed E-state index contributed by atoms with van der Waals surface area (Å²) in [4.78, 5) is 25.1. The molecule has 0 aliphatic heterocycles. The summed E-state index contributed by atoms with van der Waals surface area (Å²) in [6.07, 6.45) is 2.67. The summed E-state index contributed by atoms with van der Waals surface area (Å²) in [5.41, 5.74) is -0.981. The van der Waals surface area contributed by atoms with Gasteiger partial charge in [-0.05, 0) is 5.92 Å². The van der Waals surface area contributed by atoms with Gasteiger partial charge < -0.3 is 9.67 Å². The summed E-state index contributed by atoms with van der Waals surface area (Å²) in [6.45, 7) is 4.64. The average molecular weight is 196 g/mol. The zero-order valence-electron chi connectivity index (χ0n) is 8.10. The smallest absolute Gasteiger partial charge is 0.342 e. The molecule has 1 aromatic rings.